The Morgan fingerprint density at radius 1 is 1.43 bits per heavy atom. The number of nitrogens with two attached hydrogens (primary N) is 1. The molecule has 4 N–H and O–H groups in total. The molecule has 7 heteroatoms. The highest BCUT2D eigenvalue weighted by atomic mass is 35.5. The van der Waals surface area contributed by atoms with Gasteiger partial charge in [-0.2, -0.15) is 5.10 Å². The van der Waals surface area contributed by atoms with Crippen LogP contribution in [0.25, 0.3) is 11.4 Å². The summed E-state index contributed by atoms with van der Waals surface area (Å²) < 4.78 is 0. The molecule has 0 aliphatic heterocycles. The van der Waals surface area contributed by atoms with E-state index in [4.69, 9.17) is 5.73 Å². The third-order valence-corrected chi connectivity index (χ3v) is 4.17. The molecule has 1 aromatic heterocycles. The normalized spacial score (nSPS) is 20.1. The summed E-state index contributed by atoms with van der Waals surface area (Å²) in [5.41, 5.74) is 7.66. The third-order valence-electron chi connectivity index (χ3n) is 4.17. The lowest BCUT2D eigenvalue weighted by Gasteiger charge is -2.14. The van der Waals surface area contributed by atoms with E-state index in [0.29, 0.717) is 18.2 Å². The highest BCUT2D eigenvalue weighted by molar-refractivity contribution is 5.91. The molecule has 1 aliphatic carbocycles. The van der Waals surface area contributed by atoms with E-state index in [1.54, 1.807) is 0 Å². The molecule has 2 aromatic rings. The van der Waals surface area contributed by atoms with Crippen molar-refractivity contribution in [2.75, 3.05) is 5.32 Å². The quantitative estimate of drug-likeness (QED) is 0.800. The molecular weight excluding hydrogens is 314 g/mol. The first-order chi connectivity index (χ1) is 10.6. The number of halogens is 1. The predicted octanol–water partition coefficient (Wildman–Crippen LogP) is 2.66. The first-order valence-corrected chi connectivity index (χ1v) is 7.66. The second kappa shape index (κ2) is 7.57. The van der Waals surface area contributed by atoms with Gasteiger partial charge in [0.2, 0.25) is 5.91 Å². The van der Waals surface area contributed by atoms with E-state index in [-0.39, 0.29) is 24.4 Å². The number of hydrogen-bond acceptors (Lipinski definition) is 4. The van der Waals surface area contributed by atoms with Gasteiger partial charge in [-0.15, -0.1) is 12.4 Å². The number of aromatic nitrogens is 3. The number of carbonyl (C=O) groups is 1. The van der Waals surface area contributed by atoms with Crippen molar-refractivity contribution in [3.05, 3.63) is 30.1 Å². The summed E-state index contributed by atoms with van der Waals surface area (Å²) in [4.78, 5) is 16.5. The smallest absolute Gasteiger partial charge is 0.224 e. The average molecular weight is 336 g/mol. The van der Waals surface area contributed by atoms with Crippen molar-refractivity contribution in [1.29, 1.82) is 0 Å². The summed E-state index contributed by atoms with van der Waals surface area (Å²) in [6.07, 6.45) is 3.69. The summed E-state index contributed by atoms with van der Waals surface area (Å²) in [6, 6.07) is 7.72. The monoisotopic (exact) mass is 335 g/mol. The molecule has 1 aliphatic rings. The van der Waals surface area contributed by atoms with Gasteiger partial charge in [-0.3, -0.25) is 9.89 Å². The number of aryl methyl sites for hydroxylation is 1. The number of benzene rings is 1. The summed E-state index contributed by atoms with van der Waals surface area (Å²) in [7, 11) is 0. The van der Waals surface area contributed by atoms with Gasteiger partial charge >= 0.3 is 0 Å². The minimum absolute atomic E-state index is 0. The molecule has 1 saturated carbocycles. The van der Waals surface area contributed by atoms with Crippen LogP contribution in [-0.2, 0) is 4.79 Å². The molecule has 23 heavy (non-hydrogen) atoms. The van der Waals surface area contributed by atoms with Crippen molar-refractivity contribution in [2.24, 2.45) is 11.7 Å². The maximum atomic E-state index is 12.2. The van der Waals surface area contributed by atoms with Crippen LogP contribution in [-0.4, -0.2) is 27.1 Å². The number of carbonyl (C=O) groups excluding carboxylic acids is 1. The second-order valence-electron chi connectivity index (χ2n) is 5.93. The van der Waals surface area contributed by atoms with Gasteiger partial charge in [0.25, 0.3) is 0 Å². The van der Waals surface area contributed by atoms with Crippen LogP contribution in [0.4, 0.5) is 5.69 Å². The van der Waals surface area contributed by atoms with Crippen LogP contribution in [0.5, 0.6) is 0 Å². The Bertz CT molecular complexity index is 672. The first-order valence-electron chi connectivity index (χ1n) is 7.66. The Kier molecular flexibility index (Phi) is 5.74. The fourth-order valence-corrected chi connectivity index (χ4v) is 2.98. The summed E-state index contributed by atoms with van der Waals surface area (Å²) in [6.45, 7) is 1.85. The summed E-state index contributed by atoms with van der Waals surface area (Å²) in [5, 5.41) is 9.90. The molecule has 3 rings (SSSR count). The molecule has 0 bridgehead atoms. The molecule has 1 heterocycles. The van der Waals surface area contributed by atoms with Crippen LogP contribution in [0.2, 0.25) is 0 Å². The zero-order valence-electron chi connectivity index (χ0n) is 13.1. The minimum atomic E-state index is 0. The number of nitrogens with zero attached hydrogens (tertiary/aromatic N) is 2. The fourth-order valence-electron chi connectivity index (χ4n) is 2.98. The average Bonchev–Trinajstić information content (AvgIpc) is 3.09. The molecule has 0 unspecified atom stereocenters. The minimum Gasteiger partial charge on any atom is -0.327 e. The lowest BCUT2D eigenvalue weighted by atomic mass is 10.00. The molecule has 2 atom stereocenters. The maximum absolute atomic E-state index is 12.2. The summed E-state index contributed by atoms with van der Waals surface area (Å²) >= 11 is 0. The van der Waals surface area contributed by atoms with Gasteiger partial charge < -0.3 is 11.1 Å². The van der Waals surface area contributed by atoms with E-state index in [0.717, 1.165) is 36.3 Å². The molecule has 0 spiro atoms. The Hall–Kier alpha value is -1.92. The molecule has 124 valence electrons. The number of aromatic amines is 1. The fraction of sp³-hybridized carbons (Fsp3) is 0.438. The first kappa shape index (κ1) is 17.4. The number of rotatable bonds is 4. The van der Waals surface area contributed by atoms with Crippen molar-refractivity contribution >= 4 is 24.0 Å². The zero-order chi connectivity index (χ0) is 15.5. The molecule has 1 aromatic carbocycles. The summed E-state index contributed by atoms with van der Waals surface area (Å²) in [5.74, 6) is 1.72. The number of amides is 1. The van der Waals surface area contributed by atoms with Crippen molar-refractivity contribution in [3.63, 3.8) is 0 Å². The number of hydrogen-bond donors (Lipinski definition) is 3. The van der Waals surface area contributed by atoms with Gasteiger partial charge in [0.15, 0.2) is 5.82 Å². The van der Waals surface area contributed by atoms with Gasteiger partial charge in [0.1, 0.15) is 5.82 Å². The highest BCUT2D eigenvalue weighted by Crippen LogP contribution is 2.27. The SMILES string of the molecule is Cc1nc(-c2cccc(NC(=O)C[C@@H]3CCC[C@H]3N)c2)n[nH]1.Cl. The van der Waals surface area contributed by atoms with Gasteiger partial charge in [0, 0.05) is 23.7 Å². The number of anilines is 1. The van der Waals surface area contributed by atoms with Crippen molar-refractivity contribution in [1.82, 2.24) is 15.2 Å². The Labute approximate surface area is 141 Å². The van der Waals surface area contributed by atoms with E-state index in [1.807, 2.05) is 31.2 Å². The Balaban J connectivity index is 0.00000192. The van der Waals surface area contributed by atoms with Crippen LogP contribution in [0, 0.1) is 12.8 Å². The Morgan fingerprint density at radius 3 is 2.91 bits per heavy atom. The highest BCUT2D eigenvalue weighted by Gasteiger charge is 2.26. The van der Waals surface area contributed by atoms with E-state index < -0.39 is 0 Å². The topological polar surface area (TPSA) is 96.7 Å². The van der Waals surface area contributed by atoms with Gasteiger partial charge in [-0.25, -0.2) is 4.98 Å². The molecule has 1 fully saturated rings. The van der Waals surface area contributed by atoms with E-state index in [1.165, 1.54) is 0 Å². The van der Waals surface area contributed by atoms with Crippen molar-refractivity contribution < 1.29 is 4.79 Å². The standard InChI is InChI=1S/C16H21N5O.ClH/c1-10-18-16(21-20-10)12-5-2-6-13(8-12)19-15(22)9-11-4-3-7-14(11)17;/h2,5-6,8,11,14H,3-4,7,9,17H2,1H3,(H,19,22)(H,18,20,21);1H/t11-,14+;/m0./s1. The molecule has 0 radical (unpaired) electrons. The largest absolute Gasteiger partial charge is 0.327 e. The van der Waals surface area contributed by atoms with Crippen LogP contribution >= 0.6 is 12.4 Å². The van der Waals surface area contributed by atoms with Crippen LogP contribution in [0.15, 0.2) is 24.3 Å². The third kappa shape index (κ3) is 4.30. The molecule has 0 saturated heterocycles. The van der Waals surface area contributed by atoms with Crippen molar-refractivity contribution in [3.8, 4) is 11.4 Å². The van der Waals surface area contributed by atoms with Gasteiger partial charge in [-0.05, 0) is 37.8 Å². The van der Waals surface area contributed by atoms with E-state index in [9.17, 15) is 4.79 Å². The van der Waals surface area contributed by atoms with E-state index in [2.05, 4.69) is 20.5 Å². The molecule has 6 nitrogen and oxygen atoms in total. The van der Waals surface area contributed by atoms with Gasteiger partial charge in [0.05, 0.1) is 0 Å². The van der Waals surface area contributed by atoms with Crippen molar-refractivity contribution in [2.45, 2.75) is 38.6 Å². The maximum Gasteiger partial charge on any atom is 0.224 e. The molecule has 1 amide bonds. The van der Waals surface area contributed by atoms with E-state index >= 15 is 0 Å². The molecular formula is C16H22ClN5O. The van der Waals surface area contributed by atoms with Crippen LogP contribution < -0.4 is 11.1 Å². The lowest BCUT2D eigenvalue weighted by molar-refractivity contribution is -0.117. The number of H-pyrrole nitrogens is 1. The predicted molar refractivity (Wildman–Crippen MR) is 92.4 cm³/mol. The zero-order valence-corrected chi connectivity index (χ0v) is 13.9. The van der Waals surface area contributed by atoms with Crippen LogP contribution in [0.3, 0.4) is 0 Å². The van der Waals surface area contributed by atoms with Crippen LogP contribution in [0.1, 0.15) is 31.5 Å². The second-order valence-corrected chi connectivity index (χ2v) is 5.93. The lowest BCUT2D eigenvalue weighted by Crippen LogP contribution is -2.28. The number of nitrogens with one attached hydrogen (secondary N) is 2. The van der Waals surface area contributed by atoms with Gasteiger partial charge in [-0.1, -0.05) is 18.6 Å². The Morgan fingerprint density at radius 2 is 2.26 bits per heavy atom.